The predicted octanol–water partition coefficient (Wildman–Crippen LogP) is 3.98. The summed E-state index contributed by atoms with van der Waals surface area (Å²) in [6.07, 6.45) is 3.35. The second-order valence-corrected chi connectivity index (χ2v) is 4.95. The first kappa shape index (κ1) is 13.4. The Bertz CT molecular complexity index is 769. The first-order chi connectivity index (χ1) is 10.2. The van der Waals surface area contributed by atoms with E-state index in [0.29, 0.717) is 16.3 Å². The average molecular weight is 298 g/mol. The molecule has 5 heteroatoms. The van der Waals surface area contributed by atoms with E-state index in [9.17, 15) is 4.79 Å². The molecule has 21 heavy (non-hydrogen) atoms. The van der Waals surface area contributed by atoms with Crippen LogP contribution in [0.2, 0.25) is 5.02 Å². The summed E-state index contributed by atoms with van der Waals surface area (Å²) >= 11 is 5.89. The zero-order valence-electron chi connectivity index (χ0n) is 11.0. The molecule has 1 heterocycles. The molecule has 1 amide bonds. The minimum absolute atomic E-state index is 0.195. The number of carbonyl (C=O) groups is 1. The fourth-order valence-corrected chi connectivity index (χ4v) is 2.20. The number of amides is 1. The van der Waals surface area contributed by atoms with Crippen LogP contribution in [-0.2, 0) is 0 Å². The number of imidazole rings is 1. The third-order valence-corrected chi connectivity index (χ3v) is 3.25. The molecule has 1 aromatic heterocycles. The molecule has 0 fully saturated rings. The van der Waals surface area contributed by atoms with Crippen LogP contribution >= 0.6 is 11.6 Å². The maximum Gasteiger partial charge on any atom is 0.255 e. The van der Waals surface area contributed by atoms with Gasteiger partial charge >= 0.3 is 0 Å². The summed E-state index contributed by atoms with van der Waals surface area (Å²) in [6, 6.07) is 14.4. The van der Waals surface area contributed by atoms with Crippen LogP contribution in [-0.4, -0.2) is 15.9 Å². The van der Waals surface area contributed by atoms with Crippen molar-refractivity contribution in [3.8, 4) is 11.3 Å². The predicted molar refractivity (Wildman–Crippen MR) is 83.4 cm³/mol. The molecule has 0 radical (unpaired) electrons. The summed E-state index contributed by atoms with van der Waals surface area (Å²) in [7, 11) is 0. The monoisotopic (exact) mass is 297 g/mol. The number of nitrogens with zero attached hydrogens (tertiary/aromatic N) is 1. The summed E-state index contributed by atoms with van der Waals surface area (Å²) in [6.45, 7) is 0. The highest BCUT2D eigenvalue weighted by Crippen LogP contribution is 2.21. The van der Waals surface area contributed by atoms with E-state index in [2.05, 4.69) is 15.3 Å². The lowest BCUT2D eigenvalue weighted by molar-refractivity contribution is 0.102. The summed E-state index contributed by atoms with van der Waals surface area (Å²) in [4.78, 5) is 19.2. The molecule has 0 saturated heterocycles. The van der Waals surface area contributed by atoms with Crippen molar-refractivity contribution in [2.24, 2.45) is 0 Å². The zero-order valence-corrected chi connectivity index (χ0v) is 11.8. The lowest BCUT2D eigenvalue weighted by Gasteiger charge is -2.07. The molecule has 0 atom stereocenters. The minimum atomic E-state index is -0.195. The van der Waals surface area contributed by atoms with Crippen LogP contribution in [0.4, 0.5) is 5.69 Å². The van der Waals surface area contributed by atoms with Crippen molar-refractivity contribution in [2.45, 2.75) is 0 Å². The van der Waals surface area contributed by atoms with E-state index in [1.54, 1.807) is 36.8 Å². The van der Waals surface area contributed by atoms with Gasteiger partial charge in [0.25, 0.3) is 5.91 Å². The lowest BCUT2D eigenvalue weighted by atomic mass is 10.1. The Morgan fingerprint density at radius 3 is 2.76 bits per heavy atom. The lowest BCUT2D eigenvalue weighted by Crippen LogP contribution is -2.11. The molecule has 2 N–H and O–H groups in total. The number of hydrogen-bond acceptors (Lipinski definition) is 2. The van der Waals surface area contributed by atoms with Gasteiger partial charge in [-0.05, 0) is 30.3 Å². The van der Waals surface area contributed by atoms with Crippen LogP contribution in [0.5, 0.6) is 0 Å². The van der Waals surface area contributed by atoms with Gasteiger partial charge in [-0.3, -0.25) is 4.79 Å². The van der Waals surface area contributed by atoms with Gasteiger partial charge in [0, 0.05) is 21.8 Å². The Hall–Kier alpha value is -2.59. The van der Waals surface area contributed by atoms with Gasteiger partial charge in [0.05, 0.1) is 18.2 Å². The van der Waals surface area contributed by atoms with Crippen molar-refractivity contribution in [3.05, 3.63) is 71.6 Å². The van der Waals surface area contributed by atoms with Crippen molar-refractivity contribution in [2.75, 3.05) is 5.32 Å². The first-order valence-corrected chi connectivity index (χ1v) is 6.76. The number of benzene rings is 2. The molecule has 2 aromatic carbocycles. The van der Waals surface area contributed by atoms with E-state index in [-0.39, 0.29) is 5.91 Å². The molecule has 0 unspecified atom stereocenters. The minimum Gasteiger partial charge on any atom is -0.345 e. The molecule has 0 saturated carbocycles. The molecule has 3 rings (SSSR count). The number of carbonyl (C=O) groups excluding carboxylic acids is 1. The second-order valence-electron chi connectivity index (χ2n) is 4.51. The van der Waals surface area contributed by atoms with E-state index >= 15 is 0 Å². The Morgan fingerprint density at radius 2 is 2.00 bits per heavy atom. The molecule has 0 aliphatic carbocycles. The summed E-state index contributed by atoms with van der Waals surface area (Å²) in [5.41, 5.74) is 3.09. The van der Waals surface area contributed by atoms with Gasteiger partial charge in [0.1, 0.15) is 0 Å². The van der Waals surface area contributed by atoms with E-state index in [1.165, 1.54) is 0 Å². The molecule has 0 bridgehead atoms. The van der Waals surface area contributed by atoms with Crippen LogP contribution in [0, 0.1) is 0 Å². The number of H-pyrrole nitrogens is 1. The molecular weight excluding hydrogens is 286 g/mol. The normalized spacial score (nSPS) is 10.3. The van der Waals surface area contributed by atoms with Gasteiger partial charge in [-0.15, -0.1) is 0 Å². The molecular formula is C16H12ClN3O. The van der Waals surface area contributed by atoms with E-state index in [1.807, 2.05) is 24.3 Å². The first-order valence-electron chi connectivity index (χ1n) is 6.38. The third-order valence-electron chi connectivity index (χ3n) is 3.02. The Morgan fingerprint density at radius 1 is 1.14 bits per heavy atom. The van der Waals surface area contributed by atoms with Crippen LogP contribution in [0.25, 0.3) is 11.3 Å². The molecule has 104 valence electrons. The number of hydrogen-bond donors (Lipinski definition) is 2. The van der Waals surface area contributed by atoms with Crippen molar-refractivity contribution in [1.29, 1.82) is 0 Å². The number of anilines is 1. The van der Waals surface area contributed by atoms with E-state index in [0.717, 1.165) is 11.3 Å². The SMILES string of the molecule is O=C(Nc1cccc(-c2cnc[nH]2)c1)c1cccc(Cl)c1. The summed E-state index contributed by atoms with van der Waals surface area (Å²) in [5.74, 6) is -0.195. The molecule has 0 spiro atoms. The van der Waals surface area contributed by atoms with Gasteiger partial charge in [-0.1, -0.05) is 29.8 Å². The van der Waals surface area contributed by atoms with Crippen molar-refractivity contribution >= 4 is 23.2 Å². The molecule has 4 nitrogen and oxygen atoms in total. The Labute approximate surface area is 126 Å². The zero-order chi connectivity index (χ0) is 14.7. The number of aromatic amines is 1. The maximum absolute atomic E-state index is 12.2. The van der Waals surface area contributed by atoms with Gasteiger partial charge in [-0.2, -0.15) is 0 Å². The van der Waals surface area contributed by atoms with Crippen molar-refractivity contribution in [3.63, 3.8) is 0 Å². The average Bonchev–Trinajstić information content (AvgIpc) is 3.02. The molecule has 0 aliphatic rings. The topological polar surface area (TPSA) is 57.8 Å². The third kappa shape index (κ3) is 3.12. The molecule has 3 aromatic rings. The summed E-state index contributed by atoms with van der Waals surface area (Å²) < 4.78 is 0. The smallest absolute Gasteiger partial charge is 0.255 e. The van der Waals surface area contributed by atoms with Crippen LogP contribution in [0.1, 0.15) is 10.4 Å². The van der Waals surface area contributed by atoms with Crippen molar-refractivity contribution in [1.82, 2.24) is 9.97 Å². The van der Waals surface area contributed by atoms with Gasteiger partial charge < -0.3 is 10.3 Å². The highest BCUT2D eigenvalue weighted by molar-refractivity contribution is 6.31. The Kier molecular flexibility index (Phi) is 3.71. The van der Waals surface area contributed by atoms with Crippen LogP contribution in [0.3, 0.4) is 0 Å². The van der Waals surface area contributed by atoms with Crippen LogP contribution < -0.4 is 5.32 Å². The van der Waals surface area contributed by atoms with Crippen molar-refractivity contribution < 1.29 is 4.79 Å². The van der Waals surface area contributed by atoms with Gasteiger partial charge in [0.15, 0.2) is 0 Å². The number of halogens is 1. The van der Waals surface area contributed by atoms with E-state index in [4.69, 9.17) is 11.6 Å². The van der Waals surface area contributed by atoms with Gasteiger partial charge in [0.2, 0.25) is 0 Å². The van der Waals surface area contributed by atoms with Crippen LogP contribution in [0.15, 0.2) is 61.1 Å². The van der Waals surface area contributed by atoms with E-state index < -0.39 is 0 Å². The number of aromatic nitrogens is 2. The highest BCUT2D eigenvalue weighted by Gasteiger charge is 2.07. The standard InChI is InChI=1S/C16H12ClN3O/c17-13-5-1-4-12(7-13)16(21)20-14-6-2-3-11(8-14)15-9-18-10-19-15/h1-10H,(H,18,19)(H,20,21). The fourth-order valence-electron chi connectivity index (χ4n) is 2.01. The maximum atomic E-state index is 12.2. The Balaban J connectivity index is 1.82. The summed E-state index contributed by atoms with van der Waals surface area (Å²) in [5, 5.41) is 3.39. The number of nitrogens with one attached hydrogen (secondary N) is 2. The van der Waals surface area contributed by atoms with Gasteiger partial charge in [-0.25, -0.2) is 4.98 Å². The fraction of sp³-hybridized carbons (Fsp3) is 0. The number of rotatable bonds is 3. The largest absolute Gasteiger partial charge is 0.345 e. The highest BCUT2D eigenvalue weighted by atomic mass is 35.5. The second kappa shape index (κ2) is 5.81. The molecule has 0 aliphatic heterocycles. The quantitative estimate of drug-likeness (QED) is 0.768.